The molecule has 0 aromatic rings. The van der Waals surface area contributed by atoms with Crippen LogP contribution in [0.15, 0.2) is 24.3 Å². The van der Waals surface area contributed by atoms with Gasteiger partial charge in [0, 0.05) is 6.42 Å². The highest BCUT2D eigenvalue weighted by Gasteiger charge is 2.30. The van der Waals surface area contributed by atoms with Gasteiger partial charge >= 0.3 is 5.97 Å². The fraction of sp³-hybridized carbons (Fsp3) is 0.783. The summed E-state index contributed by atoms with van der Waals surface area (Å²) in [6.07, 6.45) is 19.8. The Hall–Kier alpha value is -1.13. The van der Waals surface area contributed by atoms with Crippen molar-refractivity contribution < 1.29 is 20.1 Å². The first kappa shape index (κ1) is 23.9. The van der Waals surface area contributed by atoms with Gasteiger partial charge < -0.3 is 15.3 Å². The van der Waals surface area contributed by atoms with E-state index in [0.29, 0.717) is 18.8 Å². The highest BCUT2D eigenvalue weighted by Crippen LogP contribution is 2.36. The topological polar surface area (TPSA) is 77.8 Å². The average molecular weight is 381 g/mol. The van der Waals surface area contributed by atoms with Gasteiger partial charge in [-0.05, 0) is 43.9 Å². The zero-order valence-electron chi connectivity index (χ0n) is 17.1. The molecule has 0 bridgehead atoms. The van der Waals surface area contributed by atoms with E-state index in [1.54, 1.807) is 0 Å². The van der Waals surface area contributed by atoms with Crippen molar-refractivity contribution >= 4 is 5.97 Å². The van der Waals surface area contributed by atoms with Gasteiger partial charge in [-0.15, -0.1) is 0 Å². The van der Waals surface area contributed by atoms with Crippen molar-refractivity contribution in [2.24, 2.45) is 11.8 Å². The molecule has 1 saturated carbocycles. The predicted molar refractivity (Wildman–Crippen MR) is 111 cm³/mol. The van der Waals surface area contributed by atoms with Crippen molar-refractivity contribution in [3.05, 3.63) is 24.3 Å². The molecule has 4 atom stereocenters. The van der Waals surface area contributed by atoms with E-state index in [0.717, 1.165) is 32.1 Å². The largest absolute Gasteiger partial charge is 0.481 e. The SMILES string of the molecule is CCCCCCCCC(O)C=CC=CC1CCCC1C(O)CCCC(=O)O. The van der Waals surface area contributed by atoms with Gasteiger partial charge in [0.2, 0.25) is 0 Å². The third-order valence-electron chi connectivity index (χ3n) is 5.67. The molecule has 0 aliphatic heterocycles. The monoisotopic (exact) mass is 380 g/mol. The summed E-state index contributed by atoms with van der Waals surface area (Å²) < 4.78 is 0. The van der Waals surface area contributed by atoms with Crippen molar-refractivity contribution in [2.45, 2.75) is 103 Å². The second-order valence-electron chi connectivity index (χ2n) is 8.01. The molecule has 1 rings (SSSR count). The first-order chi connectivity index (χ1) is 13.0. The molecule has 0 aromatic heterocycles. The summed E-state index contributed by atoms with van der Waals surface area (Å²) in [7, 11) is 0. The molecule has 4 heteroatoms. The number of aliphatic hydroxyl groups is 2. The van der Waals surface area contributed by atoms with E-state index in [1.807, 2.05) is 18.2 Å². The molecule has 0 aromatic carbocycles. The van der Waals surface area contributed by atoms with Crippen LogP contribution in [0.4, 0.5) is 0 Å². The Morgan fingerprint density at radius 3 is 2.48 bits per heavy atom. The molecule has 4 unspecified atom stereocenters. The van der Waals surface area contributed by atoms with E-state index < -0.39 is 12.1 Å². The lowest BCUT2D eigenvalue weighted by Crippen LogP contribution is -2.23. The second-order valence-corrected chi connectivity index (χ2v) is 8.01. The molecule has 0 heterocycles. The number of aliphatic carboxylic acids is 1. The Morgan fingerprint density at radius 1 is 1.00 bits per heavy atom. The quantitative estimate of drug-likeness (QED) is 0.268. The Balaban J connectivity index is 2.25. The minimum atomic E-state index is -0.797. The number of allylic oxidation sites excluding steroid dienone is 3. The van der Waals surface area contributed by atoms with Crippen molar-refractivity contribution in [3.8, 4) is 0 Å². The van der Waals surface area contributed by atoms with Crippen molar-refractivity contribution in [3.63, 3.8) is 0 Å². The fourth-order valence-corrected chi connectivity index (χ4v) is 4.04. The average Bonchev–Trinajstić information content (AvgIpc) is 3.10. The lowest BCUT2D eigenvalue weighted by Gasteiger charge is -2.22. The van der Waals surface area contributed by atoms with Gasteiger partial charge in [0.15, 0.2) is 0 Å². The van der Waals surface area contributed by atoms with Crippen LogP contribution in [0.3, 0.4) is 0 Å². The zero-order chi connectivity index (χ0) is 19.9. The summed E-state index contributed by atoms with van der Waals surface area (Å²) in [4.78, 5) is 10.6. The number of carbonyl (C=O) groups is 1. The molecule has 156 valence electrons. The Morgan fingerprint density at radius 2 is 1.74 bits per heavy atom. The minimum absolute atomic E-state index is 0.128. The van der Waals surface area contributed by atoms with Crippen molar-refractivity contribution in [2.75, 3.05) is 0 Å². The van der Waals surface area contributed by atoms with Crippen LogP contribution in [0.5, 0.6) is 0 Å². The van der Waals surface area contributed by atoms with Crippen LogP contribution in [0.25, 0.3) is 0 Å². The standard InChI is InChI=1S/C23H40O4/c1-2-3-4-5-6-7-14-20(24)15-9-8-12-19-13-10-16-21(19)22(25)17-11-18-23(26)27/h8-9,12,15,19-22,24-25H,2-7,10-11,13-14,16-18H2,1H3,(H,26,27). The molecule has 0 spiro atoms. The number of aliphatic hydroxyl groups excluding tert-OH is 2. The molecule has 1 fully saturated rings. The maximum absolute atomic E-state index is 10.6. The van der Waals surface area contributed by atoms with E-state index in [2.05, 4.69) is 13.0 Å². The van der Waals surface area contributed by atoms with Crippen LogP contribution in [-0.4, -0.2) is 33.5 Å². The first-order valence-corrected chi connectivity index (χ1v) is 11.0. The third kappa shape index (κ3) is 11.3. The van der Waals surface area contributed by atoms with Crippen LogP contribution in [0.2, 0.25) is 0 Å². The normalized spacial score (nSPS) is 22.6. The van der Waals surface area contributed by atoms with Crippen molar-refractivity contribution in [1.29, 1.82) is 0 Å². The van der Waals surface area contributed by atoms with Crippen molar-refractivity contribution in [1.82, 2.24) is 0 Å². The number of hydrogen-bond acceptors (Lipinski definition) is 3. The summed E-state index contributed by atoms with van der Waals surface area (Å²) in [6, 6.07) is 0. The fourth-order valence-electron chi connectivity index (χ4n) is 4.04. The van der Waals surface area contributed by atoms with Gasteiger partial charge in [0.25, 0.3) is 0 Å². The second kappa shape index (κ2) is 14.9. The summed E-state index contributed by atoms with van der Waals surface area (Å²) in [5.74, 6) is -0.212. The molecule has 0 radical (unpaired) electrons. The van der Waals surface area contributed by atoms with Crippen LogP contribution in [-0.2, 0) is 4.79 Å². The molecule has 1 aliphatic rings. The molecule has 27 heavy (non-hydrogen) atoms. The van der Waals surface area contributed by atoms with Crippen LogP contribution in [0, 0.1) is 11.8 Å². The van der Waals surface area contributed by atoms with E-state index in [4.69, 9.17) is 5.11 Å². The molecule has 0 saturated heterocycles. The summed E-state index contributed by atoms with van der Waals surface area (Å²) in [5.41, 5.74) is 0. The summed E-state index contributed by atoms with van der Waals surface area (Å²) in [6.45, 7) is 2.22. The van der Waals surface area contributed by atoms with E-state index in [9.17, 15) is 15.0 Å². The Kier molecular flexibility index (Phi) is 13.2. The molecular formula is C23H40O4. The lowest BCUT2D eigenvalue weighted by molar-refractivity contribution is -0.137. The smallest absolute Gasteiger partial charge is 0.303 e. The zero-order valence-corrected chi connectivity index (χ0v) is 17.1. The van der Waals surface area contributed by atoms with Crippen LogP contribution >= 0.6 is 0 Å². The summed E-state index contributed by atoms with van der Waals surface area (Å²) in [5, 5.41) is 29.1. The van der Waals surface area contributed by atoms with E-state index in [-0.39, 0.29) is 18.4 Å². The van der Waals surface area contributed by atoms with Gasteiger partial charge in [-0.1, -0.05) is 76.2 Å². The maximum Gasteiger partial charge on any atom is 0.303 e. The molecule has 1 aliphatic carbocycles. The molecule has 0 amide bonds. The lowest BCUT2D eigenvalue weighted by atomic mass is 9.88. The van der Waals surface area contributed by atoms with Gasteiger partial charge in [0.1, 0.15) is 0 Å². The van der Waals surface area contributed by atoms with Gasteiger partial charge in [-0.25, -0.2) is 0 Å². The van der Waals surface area contributed by atoms with Crippen LogP contribution < -0.4 is 0 Å². The Labute approximate surface area is 165 Å². The molecule has 3 N–H and O–H groups in total. The first-order valence-electron chi connectivity index (χ1n) is 11.0. The predicted octanol–water partition coefficient (Wildman–Crippen LogP) is 5.24. The molecular weight excluding hydrogens is 340 g/mol. The number of carboxylic acids is 1. The van der Waals surface area contributed by atoms with E-state index in [1.165, 1.54) is 32.1 Å². The highest BCUT2D eigenvalue weighted by molar-refractivity contribution is 5.66. The third-order valence-corrected chi connectivity index (χ3v) is 5.67. The van der Waals surface area contributed by atoms with E-state index >= 15 is 0 Å². The van der Waals surface area contributed by atoms with Gasteiger partial charge in [0.05, 0.1) is 12.2 Å². The number of carboxylic acid groups (broad SMARTS) is 1. The minimum Gasteiger partial charge on any atom is -0.481 e. The van der Waals surface area contributed by atoms with Gasteiger partial charge in [-0.3, -0.25) is 4.79 Å². The van der Waals surface area contributed by atoms with Crippen LogP contribution in [0.1, 0.15) is 90.4 Å². The maximum atomic E-state index is 10.6. The van der Waals surface area contributed by atoms with Gasteiger partial charge in [-0.2, -0.15) is 0 Å². The molecule has 4 nitrogen and oxygen atoms in total. The highest BCUT2D eigenvalue weighted by atomic mass is 16.4. The summed E-state index contributed by atoms with van der Waals surface area (Å²) >= 11 is 0. The number of hydrogen-bond donors (Lipinski definition) is 3. The Bertz CT molecular complexity index is 444. The number of unbranched alkanes of at least 4 members (excludes halogenated alkanes) is 5. The number of rotatable bonds is 15.